The standard InChI is InChI=1S/C56H71ClN10O12S3/c1-31(68)42(25-35-12-20-39(70)21-13-35)61-54(77)47-30-82-81-29-46(64-53(76)45(67-80-4)28-34-10-18-38(57)19-11-34)55(78)63-44(27-36-14-22-40(71)23-15-36)52(75)62-43(26-33-8-16-37(17-9-33)49(58)72)51(74)60-41(7-5-6-24-59-3)50(73)66-48(32(2)69)56(79)65-47/h8-23,32,41-48,59,67,69-71H,5-7,24-30H2,1-4H3,(H2,58,72)(H,60,74)(H,61,77)(H,62,75)(H,63,78)(H,64,76)(H,65,79)(H,66,73)/t32-,41+,42-,43-,44+,45+,46-,47+,48+/m1/s1. The predicted octanol–water partition coefficient (Wildman–Crippen LogP) is 1.51. The van der Waals surface area contributed by atoms with Gasteiger partial charge in [0.15, 0.2) is 5.78 Å². The number of benzene rings is 4. The summed E-state index contributed by atoms with van der Waals surface area (Å²) in [6.07, 6.45) is 0.796. The summed E-state index contributed by atoms with van der Waals surface area (Å²) in [5.74, 6) is -7.63. The number of Topliss-reactive ketones (excluding diaryl/α,β-unsaturated/α-hetero) is 1. The summed E-state index contributed by atoms with van der Waals surface area (Å²) in [5, 5.41) is 53.6. The summed E-state index contributed by atoms with van der Waals surface area (Å²) in [6.45, 7) is 3.05. The normalized spacial score (nSPS) is 20.7. The lowest BCUT2D eigenvalue weighted by Crippen LogP contribution is -2.62. The van der Waals surface area contributed by atoms with Gasteiger partial charge in [0, 0.05) is 34.9 Å². The molecule has 82 heavy (non-hydrogen) atoms. The molecule has 1 aliphatic rings. The number of hydrogen-bond donors (Lipinski definition) is 13. The van der Waals surface area contributed by atoms with E-state index < -0.39 is 107 Å². The Hall–Kier alpha value is -6.87. The molecule has 0 aromatic heterocycles. The minimum absolute atomic E-state index is 0.00673. The van der Waals surface area contributed by atoms with E-state index in [4.69, 9.17) is 17.3 Å². The molecule has 442 valence electrons. The van der Waals surface area contributed by atoms with Crippen LogP contribution in [0.15, 0.2) is 97.1 Å². The first-order chi connectivity index (χ1) is 39.1. The van der Waals surface area contributed by atoms with Gasteiger partial charge in [0.25, 0.3) is 0 Å². The number of amides is 8. The Balaban J connectivity index is 1.60. The maximum absolute atomic E-state index is 14.9. The molecule has 26 heteroatoms. The Labute approximate surface area is 493 Å². The van der Waals surface area contributed by atoms with Crippen molar-refractivity contribution in [3.8, 4) is 11.5 Å². The van der Waals surface area contributed by atoms with E-state index in [9.17, 15) is 58.5 Å². The molecule has 22 nitrogen and oxygen atoms in total. The molecule has 0 unspecified atom stereocenters. The fourth-order valence-electron chi connectivity index (χ4n) is 8.48. The summed E-state index contributed by atoms with van der Waals surface area (Å²) >= 11 is 7.31. The van der Waals surface area contributed by atoms with Gasteiger partial charge in [-0.2, -0.15) is 0 Å². The monoisotopic (exact) mass is 1210 g/mol. The molecule has 9 atom stereocenters. The molecule has 14 N–H and O–H groups in total. The van der Waals surface area contributed by atoms with Crippen LogP contribution in [0.1, 0.15) is 65.7 Å². The van der Waals surface area contributed by atoms with Crippen LogP contribution in [0.5, 0.6) is 11.5 Å². The quantitative estimate of drug-likeness (QED) is 0.0301. The summed E-state index contributed by atoms with van der Waals surface area (Å²) in [4.78, 5) is 127. The van der Waals surface area contributed by atoms with Crippen molar-refractivity contribution in [3.05, 3.63) is 130 Å². The Kier molecular flexibility index (Phi) is 26.8. The molecule has 8 amide bonds. The second-order valence-corrected chi connectivity index (χ2v) is 23.2. The largest absolute Gasteiger partial charge is 0.508 e. The number of aromatic hydroxyl groups is 2. The molecular formula is C56H71ClN10O12S3. The number of aliphatic hydroxyl groups is 1. The van der Waals surface area contributed by atoms with Crippen LogP contribution in [0.25, 0.3) is 0 Å². The molecule has 1 fully saturated rings. The average Bonchev–Trinajstić information content (AvgIpc) is 3.57. The van der Waals surface area contributed by atoms with E-state index in [0.29, 0.717) is 41.1 Å². The van der Waals surface area contributed by atoms with Crippen LogP contribution >= 0.6 is 45.1 Å². The van der Waals surface area contributed by atoms with E-state index in [-0.39, 0.29) is 60.7 Å². The summed E-state index contributed by atoms with van der Waals surface area (Å²) in [5.41, 5.74) is 7.91. The number of nitrogens with one attached hydrogen (secondary N) is 9. The molecule has 1 aliphatic heterocycles. The Morgan fingerprint density at radius 1 is 0.671 bits per heavy atom. The smallest absolute Gasteiger partial charge is 0.248 e. The van der Waals surface area contributed by atoms with Gasteiger partial charge < -0.3 is 63.6 Å². The fourth-order valence-corrected chi connectivity index (χ4v) is 11.4. The maximum atomic E-state index is 14.9. The molecular weight excluding hydrogens is 1140 g/mol. The Morgan fingerprint density at radius 3 is 1.71 bits per heavy atom. The third-order valence-corrected chi connectivity index (χ3v) is 16.3. The molecule has 0 bridgehead atoms. The zero-order valence-electron chi connectivity index (χ0n) is 45.7. The van der Waals surface area contributed by atoms with Gasteiger partial charge in [-0.3, -0.25) is 47.9 Å². The van der Waals surface area contributed by atoms with E-state index in [0.717, 1.165) is 39.1 Å². The van der Waals surface area contributed by atoms with Crippen molar-refractivity contribution in [2.75, 3.05) is 31.4 Å². The number of carbonyl (C=O) groups is 9. The maximum Gasteiger partial charge on any atom is 0.248 e. The first kappa shape index (κ1) is 65.9. The first-order valence-electron chi connectivity index (χ1n) is 26.3. The van der Waals surface area contributed by atoms with Crippen molar-refractivity contribution < 1.29 is 58.5 Å². The highest BCUT2D eigenvalue weighted by molar-refractivity contribution is 8.76. The number of hydrogen-bond acceptors (Lipinski definition) is 17. The van der Waals surface area contributed by atoms with Crippen LogP contribution < -0.4 is 53.0 Å². The van der Waals surface area contributed by atoms with Crippen LogP contribution in [0.3, 0.4) is 0 Å². The van der Waals surface area contributed by atoms with Crippen LogP contribution in [0, 0.1) is 0 Å². The number of halogens is 1. The lowest BCUT2D eigenvalue weighted by atomic mass is 10.00. The molecule has 0 spiro atoms. The van der Waals surface area contributed by atoms with Gasteiger partial charge in [0.05, 0.1) is 18.2 Å². The van der Waals surface area contributed by atoms with Gasteiger partial charge in [-0.25, -0.2) is 0 Å². The van der Waals surface area contributed by atoms with Gasteiger partial charge in [-0.15, -0.1) is 0 Å². The summed E-state index contributed by atoms with van der Waals surface area (Å²) in [7, 11) is 3.76. The van der Waals surface area contributed by atoms with Crippen molar-refractivity contribution in [2.45, 2.75) is 113 Å². The van der Waals surface area contributed by atoms with Gasteiger partial charge in [0.1, 0.15) is 47.8 Å². The molecule has 1 heterocycles. The molecule has 0 saturated carbocycles. The van der Waals surface area contributed by atoms with Crippen molar-refractivity contribution >= 4 is 98.2 Å². The van der Waals surface area contributed by atoms with Crippen molar-refractivity contribution in [2.24, 2.45) is 5.73 Å². The predicted molar refractivity (Wildman–Crippen MR) is 316 cm³/mol. The average molecular weight is 1210 g/mol. The highest BCUT2D eigenvalue weighted by atomic mass is 35.5. The lowest BCUT2D eigenvalue weighted by molar-refractivity contribution is -0.136. The third-order valence-electron chi connectivity index (χ3n) is 13.1. The van der Waals surface area contributed by atoms with Gasteiger partial charge >= 0.3 is 0 Å². The van der Waals surface area contributed by atoms with E-state index in [1.807, 2.05) is 0 Å². The van der Waals surface area contributed by atoms with Gasteiger partial charge in [0.2, 0.25) is 47.3 Å². The topological polar surface area (TPSA) is 349 Å². The van der Waals surface area contributed by atoms with E-state index in [1.165, 1.54) is 74.5 Å². The minimum Gasteiger partial charge on any atom is -0.508 e. The Bertz CT molecular complexity index is 2820. The SMILES string of the molecule is CNCCCC[C@@H]1NC(=O)[C@@H](Cc2ccc(C(N)=O)cc2)NC(=O)[C@H](Cc2ccc(O)cc2)NC(=O)[C@H](NC(=O)[C@H](Cc2ccc(Cl)cc2)NSC)CSSC[C@@H](C(=O)N[C@H](Cc2ccc(O)cc2)C(C)=O)NC(=O)[C@H]([C@@H](C)O)NC1=O. The molecule has 4 aromatic rings. The second-order valence-electron chi connectivity index (χ2n) is 19.6. The lowest BCUT2D eigenvalue weighted by Gasteiger charge is -2.29. The number of nitrogens with two attached hydrogens (primary N) is 1. The van der Waals surface area contributed by atoms with E-state index >= 15 is 0 Å². The third kappa shape index (κ3) is 21.5. The fraction of sp³-hybridized carbons (Fsp3) is 0.411. The number of unbranched alkanes of at least 4 members (excludes halogenated alkanes) is 1. The minimum atomic E-state index is -1.72. The molecule has 5 rings (SSSR count). The summed E-state index contributed by atoms with van der Waals surface area (Å²) < 4.78 is 3.07. The van der Waals surface area contributed by atoms with Gasteiger partial charge in [-0.05, 0) is 137 Å². The number of rotatable bonds is 22. The highest BCUT2D eigenvalue weighted by Crippen LogP contribution is 2.25. The Morgan fingerprint density at radius 2 is 1.17 bits per heavy atom. The number of primary amides is 1. The summed E-state index contributed by atoms with van der Waals surface area (Å²) in [6, 6.07) is 13.7. The van der Waals surface area contributed by atoms with Crippen LogP contribution in [-0.4, -0.2) is 154 Å². The number of aliphatic hydroxyl groups excluding tert-OH is 1. The molecule has 0 aliphatic carbocycles. The van der Waals surface area contributed by atoms with Crippen molar-refractivity contribution in [1.82, 2.24) is 47.3 Å². The number of phenols is 2. The van der Waals surface area contributed by atoms with Crippen LogP contribution in [0.4, 0.5) is 0 Å². The van der Waals surface area contributed by atoms with Crippen molar-refractivity contribution in [1.29, 1.82) is 0 Å². The van der Waals surface area contributed by atoms with Crippen LogP contribution in [0.2, 0.25) is 5.02 Å². The van der Waals surface area contributed by atoms with Crippen molar-refractivity contribution in [3.63, 3.8) is 0 Å². The zero-order valence-corrected chi connectivity index (χ0v) is 48.9. The zero-order chi connectivity index (χ0) is 59.9. The van der Waals surface area contributed by atoms with E-state index in [1.54, 1.807) is 49.7 Å². The van der Waals surface area contributed by atoms with Gasteiger partial charge in [-0.1, -0.05) is 93.7 Å². The first-order valence-corrected chi connectivity index (χ1v) is 30.4. The molecule has 0 radical (unpaired) electrons. The second kappa shape index (κ2) is 33.3. The number of carbonyl (C=O) groups excluding carboxylic acids is 9. The van der Waals surface area contributed by atoms with E-state index in [2.05, 4.69) is 47.3 Å². The van der Waals surface area contributed by atoms with Crippen LogP contribution in [-0.2, 0) is 64.0 Å². The molecule has 4 aromatic carbocycles. The number of phenolic OH excluding ortho intramolecular Hbond substituents is 2. The number of ketones is 1. The highest BCUT2D eigenvalue weighted by Gasteiger charge is 2.37. The molecule has 1 saturated heterocycles.